The number of hydrogen-bond acceptors (Lipinski definition) is 2. The van der Waals surface area contributed by atoms with Crippen LogP contribution in [-0.4, -0.2) is 33.5 Å². The molecule has 0 radical (unpaired) electrons. The first-order valence-corrected chi connectivity index (χ1v) is 16.5. The van der Waals surface area contributed by atoms with Crippen molar-refractivity contribution in [3.63, 3.8) is 0 Å². The molecule has 40 heavy (non-hydrogen) atoms. The van der Waals surface area contributed by atoms with Gasteiger partial charge in [-0.3, -0.25) is 0 Å². The molecule has 0 bridgehead atoms. The summed E-state index contributed by atoms with van der Waals surface area (Å²) in [5, 5.41) is 0. The minimum Gasteiger partial charge on any atom is -0.366 e. The summed E-state index contributed by atoms with van der Waals surface area (Å²) in [6, 6.07) is 0.570. The fourth-order valence-corrected chi connectivity index (χ4v) is 9.03. The summed E-state index contributed by atoms with van der Waals surface area (Å²) in [6.07, 6.45) is 20.9. The third-order valence-corrected chi connectivity index (χ3v) is 12.1. The molecule has 0 aromatic rings. The molecular formula is C38H58N2. The SMILES string of the molecule is CC=C(C)C=CC(=C(C)CC)N1C(CC2(C)C3CC3C(C)CN2C2=C(C)C(C)C=C(C)C=C2)CC2CC2C1(C)C. The topological polar surface area (TPSA) is 6.48 Å². The van der Waals surface area contributed by atoms with E-state index in [1.807, 2.05) is 0 Å². The molecule has 2 heterocycles. The number of nitrogens with zero attached hydrogens (tertiary/aromatic N) is 2. The lowest BCUT2D eigenvalue weighted by Gasteiger charge is -2.56. The molecule has 0 aromatic carbocycles. The van der Waals surface area contributed by atoms with Crippen molar-refractivity contribution in [2.24, 2.45) is 35.5 Å². The van der Waals surface area contributed by atoms with Crippen molar-refractivity contribution < 1.29 is 0 Å². The van der Waals surface area contributed by atoms with E-state index in [9.17, 15) is 0 Å². The van der Waals surface area contributed by atoms with Gasteiger partial charge in [-0.15, -0.1) is 0 Å². The van der Waals surface area contributed by atoms with Gasteiger partial charge in [0.05, 0.1) is 0 Å². The molecule has 220 valence electrons. The van der Waals surface area contributed by atoms with Gasteiger partial charge in [-0.2, -0.15) is 0 Å². The van der Waals surface area contributed by atoms with Crippen molar-refractivity contribution >= 4 is 0 Å². The quantitative estimate of drug-likeness (QED) is 0.295. The summed E-state index contributed by atoms with van der Waals surface area (Å²) in [7, 11) is 0. The molecule has 2 saturated carbocycles. The van der Waals surface area contributed by atoms with Crippen LogP contribution in [0.3, 0.4) is 0 Å². The minimum atomic E-state index is 0.185. The zero-order valence-corrected chi connectivity index (χ0v) is 27.6. The predicted molar refractivity (Wildman–Crippen MR) is 173 cm³/mol. The average molecular weight is 543 g/mol. The van der Waals surface area contributed by atoms with Crippen LogP contribution in [0.5, 0.6) is 0 Å². The third-order valence-electron chi connectivity index (χ3n) is 12.1. The Morgan fingerprint density at radius 2 is 1.73 bits per heavy atom. The third kappa shape index (κ3) is 5.11. The zero-order valence-electron chi connectivity index (χ0n) is 27.6. The summed E-state index contributed by atoms with van der Waals surface area (Å²) in [5.41, 5.74) is 9.19. The highest BCUT2D eigenvalue weighted by atomic mass is 15.3. The van der Waals surface area contributed by atoms with E-state index in [1.54, 1.807) is 5.57 Å². The monoisotopic (exact) mass is 542 g/mol. The van der Waals surface area contributed by atoms with Gasteiger partial charge in [0.1, 0.15) is 0 Å². The molecular weight excluding hydrogens is 484 g/mol. The Bertz CT molecular complexity index is 1190. The Morgan fingerprint density at radius 3 is 2.40 bits per heavy atom. The van der Waals surface area contributed by atoms with Crippen molar-refractivity contribution in [3.05, 3.63) is 70.1 Å². The van der Waals surface area contributed by atoms with Gasteiger partial charge < -0.3 is 9.80 Å². The highest BCUT2D eigenvalue weighted by Gasteiger charge is 2.62. The van der Waals surface area contributed by atoms with Crippen molar-refractivity contribution in [1.82, 2.24) is 9.80 Å². The largest absolute Gasteiger partial charge is 0.366 e. The molecule has 2 saturated heterocycles. The molecule has 3 aliphatic carbocycles. The van der Waals surface area contributed by atoms with E-state index in [1.165, 1.54) is 60.3 Å². The number of hydrogen-bond donors (Lipinski definition) is 0. The number of fused-ring (bicyclic) bond motifs is 2. The van der Waals surface area contributed by atoms with Crippen LogP contribution in [-0.2, 0) is 0 Å². The number of piperidine rings is 2. The van der Waals surface area contributed by atoms with E-state index in [-0.39, 0.29) is 11.1 Å². The minimum absolute atomic E-state index is 0.185. The van der Waals surface area contributed by atoms with Crippen LogP contribution >= 0.6 is 0 Å². The first-order chi connectivity index (χ1) is 18.8. The standard InChI is InChI=1S/C38H58N2/c1-12-24(3)14-16-35(26(5)13-2)40-31(19-30-20-33(30)37(40,9)10)22-38(11)34-21-32(34)28(7)23-39(38)36-17-15-25(4)18-27(6)29(36)8/h12,14-18,27-28,30-34H,13,19-23H2,1-11H3. The summed E-state index contributed by atoms with van der Waals surface area (Å²) < 4.78 is 0. The molecule has 0 aromatic heterocycles. The Kier molecular flexibility index (Phi) is 7.90. The smallest absolute Gasteiger partial charge is 0.0424 e. The van der Waals surface area contributed by atoms with Gasteiger partial charge in [-0.05, 0) is 141 Å². The molecule has 2 nitrogen and oxygen atoms in total. The number of likely N-dealkylation sites (tertiary alicyclic amines) is 2. The fraction of sp³-hybridized carbons (Fsp3) is 0.684. The average Bonchev–Trinajstić information content (AvgIpc) is 3.81. The van der Waals surface area contributed by atoms with Gasteiger partial charge in [0.2, 0.25) is 0 Å². The van der Waals surface area contributed by atoms with Crippen LogP contribution in [0.1, 0.15) is 108 Å². The van der Waals surface area contributed by atoms with Gasteiger partial charge in [0.15, 0.2) is 0 Å². The van der Waals surface area contributed by atoms with Crippen molar-refractivity contribution in [2.45, 2.75) is 125 Å². The van der Waals surface area contributed by atoms with E-state index >= 15 is 0 Å². The van der Waals surface area contributed by atoms with Crippen molar-refractivity contribution in [1.29, 1.82) is 0 Å². The normalized spacial score (nSPS) is 39.5. The molecule has 4 fully saturated rings. The second-order valence-electron chi connectivity index (χ2n) is 15.2. The van der Waals surface area contributed by atoms with Crippen LogP contribution in [0.15, 0.2) is 70.1 Å². The Balaban J connectivity index is 1.57. The Hall–Kier alpha value is -1.96. The molecule has 2 heteroatoms. The maximum atomic E-state index is 2.94. The first kappa shape index (κ1) is 29.5. The van der Waals surface area contributed by atoms with Gasteiger partial charge in [0.25, 0.3) is 0 Å². The van der Waals surface area contributed by atoms with Crippen LogP contribution in [0.4, 0.5) is 0 Å². The van der Waals surface area contributed by atoms with Crippen molar-refractivity contribution in [2.75, 3.05) is 6.54 Å². The molecule has 5 aliphatic rings. The second kappa shape index (κ2) is 10.7. The molecule has 8 unspecified atom stereocenters. The summed E-state index contributed by atoms with van der Waals surface area (Å²) in [6.45, 7) is 27.6. The van der Waals surface area contributed by atoms with E-state index < -0.39 is 0 Å². The highest BCUT2D eigenvalue weighted by molar-refractivity contribution is 5.39. The lowest BCUT2D eigenvalue weighted by Crippen LogP contribution is -2.60. The van der Waals surface area contributed by atoms with E-state index in [2.05, 4.69) is 122 Å². The molecule has 0 amide bonds. The number of allylic oxidation sites excluding steroid dienone is 10. The first-order valence-electron chi connectivity index (χ1n) is 16.5. The zero-order chi connectivity index (χ0) is 29.1. The molecule has 0 spiro atoms. The molecule has 5 rings (SSSR count). The molecule has 8 atom stereocenters. The predicted octanol–water partition coefficient (Wildman–Crippen LogP) is 9.84. The lowest BCUT2D eigenvalue weighted by molar-refractivity contribution is -0.0116. The fourth-order valence-electron chi connectivity index (χ4n) is 9.03. The number of rotatable bonds is 7. The van der Waals surface area contributed by atoms with Crippen LogP contribution in [0.25, 0.3) is 0 Å². The van der Waals surface area contributed by atoms with Crippen LogP contribution in [0, 0.1) is 35.5 Å². The van der Waals surface area contributed by atoms with Crippen LogP contribution in [0.2, 0.25) is 0 Å². The summed E-state index contributed by atoms with van der Waals surface area (Å²) in [4.78, 5) is 5.86. The van der Waals surface area contributed by atoms with Crippen molar-refractivity contribution in [3.8, 4) is 0 Å². The maximum absolute atomic E-state index is 2.94. The highest BCUT2D eigenvalue weighted by Crippen LogP contribution is 2.63. The van der Waals surface area contributed by atoms with Gasteiger partial charge in [0, 0.05) is 35.1 Å². The van der Waals surface area contributed by atoms with Gasteiger partial charge >= 0.3 is 0 Å². The van der Waals surface area contributed by atoms with Crippen LogP contribution < -0.4 is 0 Å². The summed E-state index contributed by atoms with van der Waals surface area (Å²) >= 11 is 0. The van der Waals surface area contributed by atoms with E-state index in [0.29, 0.717) is 12.0 Å². The Morgan fingerprint density at radius 1 is 1.00 bits per heavy atom. The molecule has 2 aliphatic heterocycles. The van der Waals surface area contributed by atoms with E-state index in [0.717, 1.165) is 36.0 Å². The summed E-state index contributed by atoms with van der Waals surface area (Å²) in [5.74, 6) is 4.70. The maximum Gasteiger partial charge on any atom is 0.0424 e. The van der Waals surface area contributed by atoms with Gasteiger partial charge in [-0.1, -0.05) is 61.8 Å². The lowest BCUT2D eigenvalue weighted by atomic mass is 9.74. The molecule has 0 N–H and O–H groups in total. The van der Waals surface area contributed by atoms with E-state index in [4.69, 9.17) is 0 Å². The Labute approximate surface area is 247 Å². The van der Waals surface area contributed by atoms with Gasteiger partial charge in [-0.25, -0.2) is 0 Å². The second-order valence-corrected chi connectivity index (χ2v) is 15.2.